The Balaban J connectivity index is 1.61. The van der Waals surface area contributed by atoms with Crippen molar-refractivity contribution in [3.8, 4) is 0 Å². The number of hydroxylamine groups is 3. The SMILES string of the molecule is Nc1cccc2c1C[N+]([O-])(CCN1CCCCC1)C2. The second-order valence-corrected chi connectivity index (χ2v) is 5.99. The highest BCUT2D eigenvalue weighted by Gasteiger charge is 2.30. The summed E-state index contributed by atoms with van der Waals surface area (Å²) < 4.78 is -0.125. The second-order valence-electron chi connectivity index (χ2n) is 5.99. The Labute approximate surface area is 115 Å². The number of quaternary nitrogens is 1. The molecule has 2 aliphatic rings. The van der Waals surface area contributed by atoms with Crippen LogP contribution in [0.3, 0.4) is 0 Å². The van der Waals surface area contributed by atoms with Crippen molar-refractivity contribution in [2.45, 2.75) is 32.4 Å². The summed E-state index contributed by atoms with van der Waals surface area (Å²) in [5.41, 5.74) is 8.98. The van der Waals surface area contributed by atoms with Crippen molar-refractivity contribution in [3.63, 3.8) is 0 Å². The first-order valence-electron chi connectivity index (χ1n) is 7.32. The molecule has 0 radical (unpaired) electrons. The van der Waals surface area contributed by atoms with Crippen LogP contribution in [-0.2, 0) is 13.1 Å². The molecule has 0 bridgehead atoms. The normalized spacial score (nSPS) is 27.4. The van der Waals surface area contributed by atoms with Crippen molar-refractivity contribution in [2.24, 2.45) is 0 Å². The molecule has 4 heteroatoms. The van der Waals surface area contributed by atoms with Crippen molar-refractivity contribution in [1.82, 2.24) is 4.90 Å². The van der Waals surface area contributed by atoms with Gasteiger partial charge in [-0.05, 0) is 32.0 Å². The van der Waals surface area contributed by atoms with Crippen LogP contribution in [0.4, 0.5) is 5.69 Å². The van der Waals surface area contributed by atoms with Crippen LogP contribution in [0.2, 0.25) is 0 Å². The zero-order valence-corrected chi connectivity index (χ0v) is 11.5. The molecule has 1 atom stereocenters. The number of hydrogen-bond donors (Lipinski definition) is 1. The minimum atomic E-state index is -0.125. The lowest BCUT2D eigenvalue weighted by Gasteiger charge is -2.40. The molecule has 0 spiro atoms. The van der Waals surface area contributed by atoms with Crippen LogP contribution >= 0.6 is 0 Å². The molecular formula is C15H23N3O. The van der Waals surface area contributed by atoms with Crippen LogP contribution < -0.4 is 5.73 Å². The second kappa shape index (κ2) is 5.12. The van der Waals surface area contributed by atoms with Gasteiger partial charge in [0.2, 0.25) is 0 Å². The maximum absolute atomic E-state index is 12.8. The van der Waals surface area contributed by atoms with Crippen LogP contribution in [0.15, 0.2) is 18.2 Å². The van der Waals surface area contributed by atoms with Crippen molar-refractivity contribution >= 4 is 5.69 Å². The number of nitrogens with zero attached hydrogens (tertiary/aromatic N) is 2. The van der Waals surface area contributed by atoms with Gasteiger partial charge in [0.25, 0.3) is 0 Å². The molecule has 4 nitrogen and oxygen atoms in total. The Hall–Kier alpha value is -1.10. The highest BCUT2D eigenvalue weighted by molar-refractivity contribution is 5.51. The number of piperidine rings is 1. The minimum absolute atomic E-state index is 0.125. The van der Waals surface area contributed by atoms with Crippen LogP contribution in [0.1, 0.15) is 30.4 Å². The van der Waals surface area contributed by atoms with Crippen LogP contribution in [-0.4, -0.2) is 35.7 Å². The molecule has 1 fully saturated rings. The van der Waals surface area contributed by atoms with Crippen molar-refractivity contribution in [2.75, 3.05) is 31.9 Å². The van der Waals surface area contributed by atoms with Gasteiger partial charge in [0.15, 0.2) is 0 Å². The molecule has 0 aliphatic carbocycles. The first kappa shape index (κ1) is 12.9. The number of benzene rings is 1. The Morgan fingerprint density at radius 1 is 1.16 bits per heavy atom. The van der Waals surface area contributed by atoms with Crippen molar-refractivity contribution < 1.29 is 4.65 Å². The maximum atomic E-state index is 12.8. The summed E-state index contributed by atoms with van der Waals surface area (Å²) in [5, 5.41) is 12.8. The Kier molecular flexibility index (Phi) is 3.48. The fourth-order valence-electron chi connectivity index (χ4n) is 3.31. The van der Waals surface area contributed by atoms with Gasteiger partial charge in [-0.1, -0.05) is 18.6 Å². The van der Waals surface area contributed by atoms with E-state index in [2.05, 4.69) is 4.90 Å². The fourth-order valence-corrected chi connectivity index (χ4v) is 3.31. The number of likely N-dealkylation sites (tertiary alicyclic amines) is 1. The lowest BCUT2D eigenvalue weighted by Crippen LogP contribution is -2.44. The van der Waals surface area contributed by atoms with E-state index >= 15 is 0 Å². The van der Waals surface area contributed by atoms with E-state index in [0.717, 1.165) is 36.4 Å². The molecule has 0 saturated carbocycles. The molecule has 0 aromatic heterocycles. The zero-order valence-electron chi connectivity index (χ0n) is 11.5. The van der Waals surface area contributed by atoms with E-state index in [1.807, 2.05) is 18.2 Å². The molecule has 1 aromatic rings. The standard InChI is InChI=1S/C15H23N3O/c16-15-6-4-5-13-11-18(19,12-14(13)15)10-9-17-7-2-1-3-8-17/h4-6H,1-3,7-12,16H2. The summed E-state index contributed by atoms with van der Waals surface area (Å²) in [6.07, 6.45) is 3.91. The molecule has 2 N–H and O–H groups in total. The van der Waals surface area contributed by atoms with Gasteiger partial charge in [0, 0.05) is 23.4 Å². The molecule has 1 aromatic carbocycles. The van der Waals surface area contributed by atoms with Gasteiger partial charge in [0.05, 0.1) is 6.54 Å². The Bertz CT molecular complexity index is 457. The van der Waals surface area contributed by atoms with Gasteiger partial charge in [-0.25, -0.2) is 0 Å². The highest BCUT2D eigenvalue weighted by Crippen LogP contribution is 2.32. The molecule has 1 saturated heterocycles. The topological polar surface area (TPSA) is 52.3 Å². The summed E-state index contributed by atoms with van der Waals surface area (Å²) in [6.45, 7) is 5.08. The van der Waals surface area contributed by atoms with Gasteiger partial charge >= 0.3 is 0 Å². The minimum Gasteiger partial charge on any atom is -0.632 e. The zero-order chi connectivity index (χ0) is 13.3. The quantitative estimate of drug-likeness (QED) is 0.515. The first-order chi connectivity index (χ1) is 9.16. The predicted molar refractivity (Wildman–Crippen MR) is 77.0 cm³/mol. The lowest BCUT2D eigenvalue weighted by molar-refractivity contribution is -0.899. The average Bonchev–Trinajstić information content (AvgIpc) is 2.77. The Morgan fingerprint density at radius 2 is 1.95 bits per heavy atom. The van der Waals surface area contributed by atoms with E-state index in [0.29, 0.717) is 19.6 Å². The van der Waals surface area contributed by atoms with Gasteiger partial charge < -0.3 is 15.6 Å². The summed E-state index contributed by atoms with van der Waals surface area (Å²) in [7, 11) is 0. The summed E-state index contributed by atoms with van der Waals surface area (Å²) in [6, 6.07) is 5.90. The molecule has 2 heterocycles. The third kappa shape index (κ3) is 2.76. The van der Waals surface area contributed by atoms with E-state index in [1.165, 1.54) is 19.3 Å². The van der Waals surface area contributed by atoms with Crippen LogP contribution in [0.5, 0.6) is 0 Å². The number of rotatable bonds is 3. The summed E-state index contributed by atoms with van der Waals surface area (Å²) in [4.78, 5) is 2.44. The third-order valence-electron chi connectivity index (χ3n) is 4.49. The number of fused-ring (bicyclic) bond motifs is 1. The number of nitrogens with two attached hydrogens (primary N) is 1. The van der Waals surface area contributed by atoms with E-state index in [9.17, 15) is 5.21 Å². The van der Waals surface area contributed by atoms with E-state index in [4.69, 9.17) is 5.73 Å². The van der Waals surface area contributed by atoms with E-state index in [1.54, 1.807) is 0 Å². The van der Waals surface area contributed by atoms with E-state index in [-0.39, 0.29) is 4.65 Å². The number of hydrogen-bond acceptors (Lipinski definition) is 3. The molecule has 1 unspecified atom stereocenters. The average molecular weight is 261 g/mol. The van der Waals surface area contributed by atoms with Gasteiger partial charge in [0.1, 0.15) is 13.1 Å². The van der Waals surface area contributed by atoms with Crippen LogP contribution in [0, 0.1) is 5.21 Å². The summed E-state index contributed by atoms with van der Waals surface area (Å²) >= 11 is 0. The molecule has 19 heavy (non-hydrogen) atoms. The molecule has 3 rings (SSSR count). The number of nitrogen functional groups attached to an aromatic ring is 1. The fraction of sp³-hybridized carbons (Fsp3) is 0.600. The molecule has 104 valence electrons. The van der Waals surface area contributed by atoms with Crippen LogP contribution in [0.25, 0.3) is 0 Å². The monoisotopic (exact) mass is 261 g/mol. The summed E-state index contributed by atoms with van der Waals surface area (Å²) in [5.74, 6) is 0. The predicted octanol–water partition coefficient (Wildman–Crippen LogP) is 2.08. The van der Waals surface area contributed by atoms with Gasteiger partial charge in [-0.3, -0.25) is 4.90 Å². The molecule has 0 amide bonds. The number of anilines is 1. The lowest BCUT2D eigenvalue weighted by atomic mass is 10.1. The largest absolute Gasteiger partial charge is 0.632 e. The van der Waals surface area contributed by atoms with Gasteiger partial charge in [-0.2, -0.15) is 0 Å². The van der Waals surface area contributed by atoms with Gasteiger partial charge in [-0.15, -0.1) is 0 Å². The molecular weight excluding hydrogens is 238 g/mol. The Morgan fingerprint density at radius 3 is 2.68 bits per heavy atom. The highest BCUT2D eigenvalue weighted by atomic mass is 16.5. The van der Waals surface area contributed by atoms with Crippen molar-refractivity contribution in [1.29, 1.82) is 0 Å². The van der Waals surface area contributed by atoms with Crippen molar-refractivity contribution in [3.05, 3.63) is 34.5 Å². The maximum Gasteiger partial charge on any atom is 0.107 e. The van der Waals surface area contributed by atoms with E-state index < -0.39 is 0 Å². The smallest absolute Gasteiger partial charge is 0.107 e. The molecule has 2 aliphatic heterocycles. The third-order valence-corrected chi connectivity index (χ3v) is 4.49. The first-order valence-corrected chi connectivity index (χ1v) is 7.32.